The number of nitrogens with zero attached hydrogens (tertiary/aromatic N) is 2. The molecule has 0 radical (unpaired) electrons. The molecular weight excluding hydrogens is 136 g/mol. The van der Waals surface area contributed by atoms with E-state index in [2.05, 4.69) is 22.8 Å². The van der Waals surface area contributed by atoms with E-state index in [4.69, 9.17) is 0 Å². The van der Waals surface area contributed by atoms with Gasteiger partial charge in [0.2, 0.25) is 0 Å². The van der Waals surface area contributed by atoms with Gasteiger partial charge in [-0.25, -0.2) is 0 Å². The Morgan fingerprint density at radius 3 is 2.73 bits per heavy atom. The standard InChI is InChI=1S/C9H14N2/c1-8-6-7-10-11(8)9-4-2-3-5-9/h6-7,9H,2-5H2,1H3. The summed E-state index contributed by atoms with van der Waals surface area (Å²) in [5, 5.41) is 4.31. The minimum atomic E-state index is 0.699. The van der Waals surface area contributed by atoms with Gasteiger partial charge in [-0.1, -0.05) is 12.8 Å². The van der Waals surface area contributed by atoms with Crippen LogP contribution in [-0.4, -0.2) is 9.78 Å². The lowest BCUT2D eigenvalue weighted by Crippen LogP contribution is -2.07. The van der Waals surface area contributed by atoms with Gasteiger partial charge in [-0.3, -0.25) is 4.68 Å². The SMILES string of the molecule is Cc1ccnn1C1CCCC1. The van der Waals surface area contributed by atoms with Crippen molar-refractivity contribution < 1.29 is 0 Å². The largest absolute Gasteiger partial charge is 0.267 e. The molecule has 1 fully saturated rings. The molecule has 60 valence electrons. The van der Waals surface area contributed by atoms with Crippen LogP contribution in [0, 0.1) is 6.92 Å². The molecule has 1 aliphatic rings. The van der Waals surface area contributed by atoms with Gasteiger partial charge >= 0.3 is 0 Å². The van der Waals surface area contributed by atoms with E-state index in [0.29, 0.717) is 6.04 Å². The van der Waals surface area contributed by atoms with Crippen molar-refractivity contribution in [2.75, 3.05) is 0 Å². The van der Waals surface area contributed by atoms with Gasteiger partial charge in [0, 0.05) is 11.9 Å². The molecule has 1 heterocycles. The van der Waals surface area contributed by atoms with Crippen LogP contribution in [0.15, 0.2) is 12.3 Å². The van der Waals surface area contributed by atoms with E-state index < -0.39 is 0 Å². The molecule has 0 unspecified atom stereocenters. The molecule has 0 spiro atoms. The zero-order valence-corrected chi connectivity index (χ0v) is 6.95. The van der Waals surface area contributed by atoms with Gasteiger partial charge in [0.25, 0.3) is 0 Å². The summed E-state index contributed by atoms with van der Waals surface area (Å²) in [5.74, 6) is 0. The normalized spacial score (nSPS) is 19.4. The Balaban J connectivity index is 2.21. The average Bonchev–Trinajstić information content (AvgIpc) is 2.55. The van der Waals surface area contributed by atoms with Crippen molar-refractivity contribution in [2.24, 2.45) is 0 Å². The molecule has 1 aromatic rings. The third-order valence-corrected chi connectivity index (χ3v) is 2.54. The van der Waals surface area contributed by atoms with Crippen LogP contribution in [0.5, 0.6) is 0 Å². The predicted octanol–water partition coefficient (Wildman–Crippen LogP) is 2.31. The van der Waals surface area contributed by atoms with Gasteiger partial charge in [0.15, 0.2) is 0 Å². The molecule has 0 N–H and O–H groups in total. The van der Waals surface area contributed by atoms with Crippen molar-refractivity contribution >= 4 is 0 Å². The Hall–Kier alpha value is -0.790. The van der Waals surface area contributed by atoms with E-state index in [1.54, 1.807) is 0 Å². The summed E-state index contributed by atoms with van der Waals surface area (Å²) >= 11 is 0. The highest BCUT2D eigenvalue weighted by Crippen LogP contribution is 2.29. The van der Waals surface area contributed by atoms with Crippen LogP contribution in [0.25, 0.3) is 0 Å². The summed E-state index contributed by atoms with van der Waals surface area (Å²) in [4.78, 5) is 0. The summed E-state index contributed by atoms with van der Waals surface area (Å²) in [6.07, 6.45) is 7.30. The highest BCUT2D eigenvalue weighted by atomic mass is 15.3. The monoisotopic (exact) mass is 150 g/mol. The topological polar surface area (TPSA) is 17.8 Å². The van der Waals surface area contributed by atoms with E-state index in [1.165, 1.54) is 31.4 Å². The smallest absolute Gasteiger partial charge is 0.0522 e. The summed E-state index contributed by atoms with van der Waals surface area (Å²) < 4.78 is 2.17. The first-order valence-corrected chi connectivity index (χ1v) is 4.38. The highest BCUT2D eigenvalue weighted by Gasteiger charge is 2.17. The molecule has 2 rings (SSSR count). The van der Waals surface area contributed by atoms with E-state index >= 15 is 0 Å². The molecule has 0 amide bonds. The van der Waals surface area contributed by atoms with Crippen molar-refractivity contribution in [2.45, 2.75) is 38.6 Å². The van der Waals surface area contributed by atoms with E-state index in [0.717, 1.165) is 0 Å². The second-order valence-corrected chi connectivity index (χ2v) is 3.36. The van der Waals surface area contributed by atoms with Crippen LogP contribution in [0.4, 0.5) is 0 Å². The van der Waals surface area contributed by atoms with Gasteiger partial charge < -0.3 is 0 Å². The van der Waals surface area contributed by atoms with Crippen LogP contribution >= 0.6 is 0 Å². The fourth-order valence-electron chi connectivity index (χ4n) is 1.91. The molecular formula is C9H14N2. The van der Waals surface area contributed by atoms with Gasteiger partial charge in [0.1, 0.15) is 0 Å². The molecule has 0 saturated heterocycles. The van der Waals surface area contributed by atoms with Crippen LogP contribution in [0.1, 0.15) is 37.4 Å². The number of hydrogen-bond acceptors (Lipinski definition) is 1. The summed E-state index contributed by atoms with van der Waals surface area (Å²) in [7, 11) is 0. The lowest BCUT2D eigenvalue weighted by molar-refractivity contribution is 0.457. The van der Waals surface area contributed by atoms with Crippen LogP contribution in [0.3, 0.4) is 0 Å². The molecule has 2 heteroatoms. The summed E-state index contributed by atoms with van der Waals surface area (Å²) in [6.45, 7) is 2.13. The van der Waals surface area contributed by atoms with E-state index in [9.17, 15) is 0 Å². The zero-order chi connectivity index (χ0) is 7.68. The van der Waals surface area contributed by atoms with E-state index in [-0.39, 0.29) is 0 Å². The number of aryl methyl sites for hydroxylation is 1. The number of aromatic nitrogens is 2. The van der Waals surface area contributed by atoms with Gasteiger partial charge in [0.05, 0.1) is 6.04 Å². The second-order valence-electron chi connectivity index (χ2n) is 3.36. The summed E-state index contributed by atoms with van der Waals surface area (Å²) in [6, 6.07) is 2.78. The molecule has 0 aromatic carbocycles. The second kappa shape index (κ2) is 2.68. The third-order valence-electron chi connectivity index (χ3n) is 2.54. The maximum atomic E-state index is 4.31. The number of hydrogen-bond donors (Lipinski definition) is 0. The molecule has 2 nitrogen and oxygen atoms in total. The van der Waals surface area contributed by atoms with Crippen molar-refractivity contribution in [3.63, 3.8) is 0 Å². The Morgan fingerprint density at radius 2 is 2.18 bits per heavy atom. The first-order chi connectivity index (χ1) is 5.38. The van der Waals surface area contributed by atoms with E-state index in [1.807, 2.05) is 6.20 Å². The Labute approximate surface area is 67.2 Å². The molecule has 1 aromatic heterocycles. The lowest BCUT2D eigenvalue weighted by Gasteiger charge is -2.11. The molecule has 0 atom stereocenters. The molecule has 1 saturated carbocycles. The van der Waals surface area contributed by atoms with Crippen molar-refractivity contribution in [3.05, 3.63) is 18.0 Å². The molecule has 11 heavy (non-hydrogen) atoms. The minimum absolute atomic E-state index is 0.699. The quantitative estimate of drug-likeness (QED) is 0.600. The number of rotatable bonds is 1. The Morgan fingerprint density at radius 1 is 1.45 bits per heavy atom. The third kappa shape index (κ3) is 1.17. The first kappa shape index (κ1) is 6.89. The molecule has 0 bridgehead atoms. The molecule has 1 aliphatic carbocycles. The lowest BCUT2D eigenvalue weighted by atomic mass is 10.2. The van der Waals surface area contributed by atoms with Crippen molar-refractivity contribution in [1.29, 1.82) is 0 Å². The maximum absolute atomic E-state index is 4.31. The highest BCUT2D eigenvalue weighted by molar-refractivity contribution is 4.98. The average molecular weight is 150 g/mol. The summed E-state index contributed by atoms with van der Waals surface area (Å²) in [5.41, 5.74) is 1.30. The predicted molar refractivity (Wildman–Crippen MR) is 44.5 cm³/mol. The Kier molecular flexibility index (Phi) is 1.68. The van der Waals surface area contributed by atoms with Gasteiger partial charge in [-0.15, -0.1) is 0 Å². The first-order valence-electron chi connectivity index (χ1n) is 4.38. The molecule has 0 aliphatic heterocycles. The van der Waals surface area contributed by atoms with Crippen molar-refractivity contribution in [3.8, 4) is 0 Å². The van der Waals surface area contributed by atoms with Crippen LogP contribution in [0.2, 0.25) is 0 Å². The van der Waals surface area contributed by atoms with Crippen LogP contribution < -0.4 is 0 Å². The Bertz CT molecular complexity index is 233. The van der Waals surface area contributed by atoms with Crippen molar-refractivity contribution in [1.82, 2.24) is 9.78 Å². The minimum Gasteiger partial charge on any atom is -0.267 e. The zero-order valence-electron chi connectivity index (χ0n) is 6.95. The van der Waals surface area contributed by atoms with Crippen LogP contribution in [-0.2, 0) is 0 Å². The fourth-order valence-corrected chi connectivity index (χ4v) is 1.91. The van der Waals surface area contributed by atoms with Gasteiger partial charge in [-0.2, -0.15) is 5.10 Å². The maximum Gasteiger partial charge on any atom is 0.0522 e. The fraction of sp³-hybridized carbons (Fsp3) is 0.667. The van der Waals surface area contributed by atoms with Gasteiger partial charge in [-0.05, 0) is 25.8 Å².